The van der Waals surface area contributed by atoms with E-state index < -0.39 is 10.0 Å². The van der Waals surface area contributed by atoms with E-state index in [-0.39, 0.29) is 16.6 Å². The maximum atomic E-state index is 11.9. The Morgan fingerprint density at radius 1 is 1.29 bits per heavy atom. The molecule has 0 unspecified atom stereocenters. The van der Waals surface area contributed by atoms with E-state index in [1.165, 1.54) is 0 Å². The van der Waals surface area contributed by atoms with E-state index in [0.717, 1.165) is 11.3 Å². The highest BCUT2D eigenvalue weighted by Gasteiger charge is 2.15. The van der Waals surface area contributed by atoms with Gasteiger partial charge in [0.1, 0.15) is 10.0 Å². The highest BCUT2D eigenvalue weighted by molar-refractivity contribution is 7.94. The first-order valence-corrected chi connectivity index (χ1v) is 7.20. The zero-order valence-electron chi connectivity index (χ0n) is 8.83. The quantitative estimate of drug-likeness (QED) is 0.878. The average molecular weight is 269 g/mol. The van der Waals surface area contributed by atoms with Gasteiger partial charge in [0.15, 0.2) is 0 Å². The molecule has 0 radical (unpaired) electrons. The Bertz CT molecular complexity index is 594. The SMILES string of the molecule is NCc1cccc(NS(=O)(=O)c2cccs2)n1. The van der Waals surface area contributed by atoms with Crippen LogP contribution in [0.3, 0.4) is 0 Å². The van der Waals surface area contributed by atoms with Crippen molar-refractivity contribution in [3.8, 4) is 0 Å². The van der Waals surface area contributed by atoms with Gasteiger partial charge in [0.25, 0.3) is 10.0 Å². The molecule has 0 bridgehead atoms. The van der Waals surface area contributed by atoms with Crippen molar-refractivity contribution in [1.29, 1.82) is 0 Å². The average Bonchev–Trinajstić information content (AvgIpc) is 2.83. The van der Waals surface area contributed by atoms with Gasteiger partial charge >= 0.3 is 0 Å². The molecule has 7 heteroatoms. The summed E-state index contributed by atoms with van der Waals surface area (Å²) in [6.45, 7) is 0.272. The molecule has 2 rings (SSSR count). The fraction of sp³-hybridized carbons (Fsp3) is 0.100. The van der Waals surface area contributed by atoms with Crippen LogP contribution in [0.25, 0.3) is 0 Å². The molecule has 5 nitrogen and oxygen atoms in total. The Morgan fingerprint density at radius 3 is 2.76 bits per heavy atom. The summed E-state index contributed by atoms with van der Waals surface area (Å²) in [4.78, 5) is 4.08. The van der Waals surface area contributed by atoms with Crippen LogP contribution in [0.5, 0.6) is 0 Å². The Labute approximate surface area is 103 Å². The van der Waals surface area contributed by atoms with Crippen LogP contribution in [-0.2, 0) is 16.6 Å². The number of nitrogens with zero attached hydrogens (tertiary/aromatic N) is 1. The molecule has 0 fully saturated rings. The number of pyridine rings is 1. The van der Waals surface area contributed by atoms with Crippen molar-refractivity contribution >= 4 is 27.2 Å². The lowest BCUT2D eigenvalue weighted by Crippen LogP contribution is -2.13. The minimum absolute atomic E-state index is 0.262. The predicted octanol–water partition coefficient (Wildman–Crippen LogP) is 1.40. The van der Waals surface area contributed by atoms with Gasteiger partial charge in [-0.05, 0) is 23.6 Å². The lowest BCUT2D eigenvalue weighted by Gasteiger charge is -2.06. The van der Waals surface area contributed by atoms with Crippen molar-refractivity contribution in [2.24, 2.45) is 5.73 Å². The van der Waals surface area contributed by atoms with Crippen molar-refractivity contribution in [2.75, 3.05) is 4.72 Å². The van der Waals surface area contributed by atoms with Gasteiger partial charge in [-0.2, -0.15) is 0 Å². The second-order valence-corrected chi connectivity index (χ2v) is 6.11. The summed E-state index contributed by atoms with van der Waals surface area (Å²) >= 11 is 1.16. The monoisotopic (exact) mass is 269 g/mol. The third kappa shape index (κ3) is 2.82. The molecule has 0 aliphatic heterocycles. The molecule has 3 N–H and O–H groups in total. The lowest BCUT2D eigenvalue weighted by molar-refractivity contribution is 0.603. The number of thiophene rings is 1. The third-order valence-corrected chi connectivity index (χ3v) is 4.77. The molecule has 2 aromatic heterocycles. The van der Waals surface area contributed by atoms with E-state index in [0.29, 0.717) is 5.69 Å². The highest BCUT2D eigenvalue weighted by Crippen LogP contribution is 2.19. The summed E-state index contributed by atoms with van der Waals surface area (Å²) < 4.78 is 26.5. The first kappa shape index (κ1) is 12.0. The van der Waals surface area contributed by atoms with E-state index in [9.17, 15) is 8.42 Å². The van der Waals surface area contributed by atoms with E-state index >= 15 is 0 Å². The van der Waals surface area contributed by atoms with E-state index in [1.54, 1.807) is 35.7 Å². The van der Waals surface area contributed by atoms with E-state index in [2.05, 4.69) is 9.71 Å². The number of sulfonamides is 1. The molecule has 0 aliphatic rings. The number of anilines is 1. The largest absolute Gasteiger partial charge is 0.325 e. The second kappa shape index (κ2) is 4.82. The standard InChI is InChI=1S/C10H11N3O2S2/c11-7-8-3-1-4-9(12-8)13-17(14,15)10-5-2-6-16-10/h1-6H,7,11H2,(H,12,13). The molecule has 0 saturated carbocycles. The van der Waals surface area contributed by atoms with Gasteiger partial charge in [-0.15, -0.1) is 11.3 Å². The third-order valence-electron chi connectivity index (χ3n) is 2.01. The van der Waals surface area contributed by atoms with Crippen molar-refractivity contribution in [3.05, 3.63) is 41.4 Å². The lowest BCUT2D eigenvalue weighted by atomic mass is 10.3. The van der Waals surface area contributed by atoms with Crippen LogP contribution in [-0.4, -0.2) is 13.4 Å². The van der Waals surface area contributed by atoms with Crippen LogP contribution in [0, 0.1) is 0 Å². The number of hydrogen-bond donors (Lipinski definition) is 2. The smallest absolute Gasteiger partial charge is 0.272 e. The van der Waals surface area contributed by atoms with Gasteiger partial charge in [-0.3, -0.25) is 4.72 Å². The highest BCUT2D eigenvalue weighted by atomic mass is 32.2. The summed E-state index contributed by atoms with van der Waals surface area (Å²) in [5, 5.41) is 1.71. The topological polar surface area (TPSA) is 85.1 Å². The minimum atomic E-state index is -3.53. The molecule has 0 aliphatic carbocycles. The van der Waals surface area contributed by atoms with Crippen molar-refractivity contribution in [1.82, 2.24) is 4.98 Å². The molecule has 2 aromatic rings. The zero-order chi connectivity index (χ0) is 12.3. The molecular weight excluding hydrogens is 258 g/mol. The molecule has 17 heavy (non-hydrogen) atoms. The fourth-order valence-corrected chi connectivity index (χ4v) is 3.25. The van der Waals surface area contributed by atoms with Gasteiger partial charge in [-0.25, -0.2) is 13.4 Å². The molecule has 0 amide bonds. The number of hydrogen-bond acceptors (Lipinski definition) is 5. The van der Waals surface area contributed by atoms with Crippen LogP contribution in [0.1, 0.15) is 5.69 Å². The zero-order valence-corrected chi connectivity index (χ0v) is 10.5. The second-order valence-electron chi connectivity index (χ2n) is 3.26. The van der Waals surface area contributed by atoms with Crippen LogP contribution < -0.4 is 10.5 Å². The first-order chi connectivity index (χ1) is 8.12. The molecule has 90 valence electrons. The number of nitrogens with two attached hydrogens (primary N) is 1. The first-order valence-electron chi connectivity index (χ1n) is 4.84. The predicted molar refractivity (Wildman–Crippen MR) is 67.3 cm³/mol. The van der Waals surface area contributed by atoms with Crippen LogP contribution >= 0.6 is 11.3 Å². The molecular formula is C10H11N3O2S2. The summed E-state index contributed by atoms with van der Waals surface area (Å²) in [7, 11) is -3.53. The Hall–Kier alpha value is -1.44. The Balaban J connectivity index is 2.26. The van der Waals surface area contributed by atoms with Crippen LogP contribution in [0.15, 0.2) is 39.9 Å². The van der Waals surface area contributed by atoms with Gasteiger partial charge in [-0.1, -0.05) is 12.1 Å². The van der Waals surface area contributed by atoms with E-state index in [4.69, 9.17) is 5.73 Å². The number of aromatic nitrogens is 1. The van der Waals surface area contributed by atoms with Crippen molar-refractivity contribution < 1.29 is 8.42 Å². The summed E-state index contributed by atoms with van der Waals surface area (Å²) in [5.41, 5.74) is 6.07. The Kier molecular flexibility index (Phi) is 3.41. The number of rotatable bonds is 4. The van der Waals surface area contributed by atoms with Gasteiger partial charge in [0.05, 0.1) is 5.69 Å². The fourth-order valence-electron chi connectivity index (χ4n) is 1.25. The molecule has 2 heterocycles. The molecule has 0 spiro atoms. The van der Waals surface area contributed by atoms with Crippen molar-refractivity contribution in [3.63, 3.8) is 0 Å². The summed E-state index contributed by atoms with van der Waals surface area (Å²) in [6, 6.07) is 8.26. The van der Waals surface area contributed by atoms with Gasteiger partial charge < -0.3 is 5.73 Å². The molecule has 0 aromatic carbocycles. The number of nitrogens with one attached hydrogen (secondary N) is 1. The van der Waals surface area contributed by atoms with Gasteiger partial charge in [0, 0.05) is 6.54 Å². The van der Waals surface area contributed by atoms with Crippen molar-refractivity contribution in [2.45, 2.75) is 10.8 Å². The summed E-state index contributed by atoms with van der Waals surface area (Å²) in [6.07, 6.45) is 0. The van der Waals surface area contributed by atoms with Crippen LogP contribution in [0.4, 0.5) is 5.82 Å². The van der Waals surface area contributed by atoms with Crippen LogP contribution in [0.2, 0.25) is 0 Å². The normalized spacial score (nSPS) is 11.4. The minimum Gasteiger partial charge on any atom is -0.325 e. The van der Waals surface area contributed by atoms with E-state index in [1.807, 2.05) is 0 Å². The maximum absolute atomic E-state index is 11.9. The molecule has 0 atom stereocenters. The summed E-state index contributed by atoms with van der Waals surface area (Å²) in [5.74, 6) is 0.279. The maximum Gasteiger partial charge on any atom is 0.272 e. The van der Waals surface area contributed by atoms with Gasteiger partial charge in [0.2, 0.25) is 0 Å². The molecule has 0 saturated heterocycles. The Morgan fingerprint density at radius 2 is 2.12 bits per heavy atom.